The molecule has 4 heterocycles. The maximum Gasteiger partial charge on any atom is 0.352 e. The molecule has 4 aromatic rings. The quantitative estimate of drug-likeness (QED) is 0.00711. The van der Waals surface area contributed by atoms with E-state index in [1.54, 1.807) is 44.2 Å². The van der Waals surface area contributed by atoms with Crippen LogP contribution in [0.15, 0.2) is 36.4 Å². The predicted octanol–water partition coefficient (Wildman–Crippen LogP) is 7.97. The molecule has 2 aromatic carbocycles. The van der Waals surface area contributed by atoms with Crippen molar-refractivity contribution in [3.63, 3.8) is 0 Å². The lowest BCUT2D eigenvalue weighted by molar-refractivity contribution is -0.186. The van der Waals surface area contributed by atoms with Crippen LogP contribution in [0, 0.1) is 27.7 Å². The molecule has 10 atom stereocenters. The number of aryl methyl sites for hydroxylation is 2. The number of aromatic nitrogens is 2. The molecule has 660 valence electrons. The van der Waals surface area contributed by atoms with Crippen LogP contribution in [-0.4, -0.2) is 239 Å². The Labute approximate surface area is 692 Å². The zero-order chi connectivity index (χ0) is 86.7. The van der Waals surface area contributed by atoms with Crippen molar-refractivity contribution in [2.45, 2.75) is 229 Å². The number of amides is 4. The van der Waals surface area contributed by atoms with Crippen LogP contribution in [0.1, 0.15) is 206 Å². The lowest BCUT2D eigenvalue weighted by Crippen LogP contribution is -2.38. The van der Waals surface area contributed by atoms with Crippen LogP contribution in [0.5, 0.6) is 11.5 Å². The molecule has 2 aliphatic heterocycles. The van der Waals surface area contributed by atoms with Gasteiger partial charge in [0.2, 0.25) is 0 Å². The number of ether oxygens (including phenoxy) is 11. The fourth-order valence-corrected chi connectivity index (χ4v) is 10.8. The Balaban J connectivity index is 0.00000190. The number of esters is 11. The van der Waals surface area contributed by atoms with Gasteiger partial charge >= 0.3 is 71.6 Å². The van der Waals surface area contributed by atoms with E-state index in [0.717, 1.165) is 85.5 Å². The molecule has 0 saturated carbocycles. The number of aromatic hydroxyl groups is 1. The molecule has 0 spiro atoms. The van der Waals surface area contributed by atoms with Crippen LogP contribution < -0.4 is 26.0 Å². The number of aliphatic carboxylic acids is 1. The van der Waals surface area contributed by atoms with E-state index >= 15 is 0 Å². The van der Waals surface area contributed by atoms with Gasteiger partial charge in [-0.05, 0) is 183 Å². The number of carboxylic acid groups (broad SMARTS) is 1. The molecule has 0 unspecified atom stereocenters. The Bertz CT molecular complexity index is 4360. The highest BCUT2D eigenvalue weighted by molar-refractivity contribution is 6.36. The van der Waals surface area contributed by atoms with E-state index in [0.29, 0.717) is 81.5 Å². The number of benzene rings is 2. The van der Waals surface area contributed by atoms with Gasteiger partial charge in [0.1, 0.15) is 11.5 Å². The van der Waals surface area contributed by atoms with Crippen molar-refractivity contribution < 1.29 is 139 Å². The van der Waals surface area contributed by atoms with Crippen molar-refractivity contribution in [2.75, 3.05) is 63.0 Å². The van der Waals surface area contributed by atoms with Gasteiger partial charge in [-0.3, -0.25) is 28.8 Å². The summed E-state index contributed by atoms with van der Waals surface area (Å²) in [4.78, 5) is 204. The molecule has 8 N–H and O–H groups in total. The van der Waals surface area contributed by atoms with Gasteiger partial charge in [0.25, 0.3) is 23.6 Å². The van der Waals surface area contributed by atoms with E-state index in [9.17, 15) is 81.8 Å². The third-order valence-electron chi connectivity index (χ3n) is 17.3. The van der Waals surface area contributed by atoms with E-state index in [4.69, 9.17) is 43.0 Å². The highest BCUT2D eigenvalue weighted by atomic mass is 16.7. The largest absolute Gasteiger partial charge is 0.508 e. The summed E-state index contributed by atoms with van der Waals surface area (Å²) in [6.07, 6.45) is -11.0. The van der Waals surface area contributed by atoms with Crippen LogP contribution >= 0.6 is 0 Å². The van der Waals surface area contributed by atoms with Gasteiger partial charge in [0.15, 0.2) is 61.0 Å². The summed E-state index contributed by atoms with van der Waals surface area (Å²) in [6.45, 7) is 35.8. The maximum atomic E-state index is 13.1. The first-order valence-corrected chi connectivity index (χ1v) is 36.7. The summed E-state index contributed by atoms with van der Waals surface area (Å²) < 4.78 is 53.6. The molecule has 0 bridgehead atoms. The molecule has 6 rings (SSSR count). The monoisotopic (exact) mass is 1680 g/mol. The van der Waals surface area contributed by atoms with E-state index in [-0.39, 0.29) is 64.5 Å². The van der Waals surface area contributed by atoms with Gasteiger partial charge < -0.3 is 103 Å². The highest BCUT2D eigenvalue weighted by Gasteiger charge is 2.36. The van der Waals surface area contributed by atoms with Gasteiger partial charge in [0.05, 0.1) is 22.3 Å². The average Bonchev–Trinajstić information content (AvgIpc) is 1.64. The summed E-state index contributed by atoms with van der Waals surface area (Å²) >= 11 is 0. The number of carbonyl (C=O) groups is 16. The van der Waals surface area contributed by atoms with Gasteiger partial charge in [-0.25, -0.2) is 47.9 Å². The topological polar surface area (TPSA) is 501 Å². The SMILES string of the molecule is C.C.C.C.CC(=O)O[C@@H](C)C(=O)O[C@H](C)C(=O)O[C@H](C)C(=O)O[C@H](C)C(=O)O[C@H](C)C(=O)O.CCN(CC)CCNC(=O)c1c(C)[nH]c(/C=C2\C(=O)Nc3ccc(O)cc32)c1C.CCN(CC)CCNC(=O)c1c(C)[nH]c(/C=C2\C(=O)Nc3ccc(OC(=O)[C@H](C)OC(=O)[C@H](C)OC(=O)[C@H](C)OC(=O)[C@H](C)OC(=O)[C@H](C)OC(C)=O)cc32)c1C. The summed E-state index contributed by atoms with van der Waals surface area (Å²) in [5.74, 6) is -13.4. The van der Waals surface area contributed by atoms with Crippen molar-refractivity contribution >= 4 is 130 Å². The number of rotatable bonds is 35. The first-order valence-electron chi connectivity index (χ1n) is 36.7. The molecule has 0 saturated heterocycles. The molecule has 37 heteroatoms. The number of aromatic amines is 2. The van der Waals surface area contributed by atoms with Gasteiger partial charge in [-0.1, -0.05) is 57.4 Å². The number of phenolic OH excluding ortho intramolecular Hbond substituents is 1. The van der Waals surface area contributed by atoms with E-state index in [2.05, 4.69) is 82.9 Å². The summed E-state index contributed by atoms with van der Waals surface area (Å²) in [6, 6.07) is 9.21. The number of anilines is 2. The number of carbonyl (C=O) groups excluding carboxylic acids is 15. The van der Waals surface area contributed by atoms with Crippen LogP contribution in [0.2, 0.25) is 0 Å². The van der Waals surface area contributed by atoms with E-state index < -0.39 is 139 Å². The lowest BCUT2D eigenvalue weighted by atomic mass is 10.0. The van der Waals surface area contributed by atoms with Crippen molar-refractivity contribution in [3.8, 4) is 11.5 Å². The molecule has 119 heavy (non-hydrogen) atoms. The summed E-state index contributed by atoms with van der Waals surface area (Å²) in [5.41, 5.74) is 8.05. The molecule has 0 radical (unpaired) electrons. The first kappa shape index (κ1) is 107. The molecule has 4 amide bonds. The second-order valence-electron chi connectivity index (χ2n) is 26.3. The third kappa shape index (κ3) is 31.6. The standard InChI is InChI=1S/C39H50N4O14.C22H28N4O3.C17H24O12.4CH4/c1-11-43(12-2)16-15-40-34(46)32-19(3)31(41-20(32)4)18-29-28-17-27(13-14-30(28)42-33(29)45)57-39(51)25(9)56-38(50)24(8)55-37(49)23(7)54-36(48)22(6)53-35(47)21(5)52-26(10)44;1-5-26(6-2)10-9-23-22(29)20-13(3)19(24-14(20)4)12-17-16-11-15(27)7-8-18(16)25-21(17)28;1-7(13(19)20)26-15(22)9(3)28-17(24)11(5)29-16(23)10(4)27-14(21)8(2)25-12(6)18;;;;/h13-14,17-18,21-25,41H,11-12,15-16H2,1-10H3,(H,40,46)(H,42,45);7-8,11-12,24,27H,5-6,9-10H2,1-4H3,(H,23,29)(H,25,28);7-11H,1-6H3,(H,19,20);4*1H4/b29-18-;17-12-;;;;;/t21-,22-,23-,24-,25-;;7-,8+,9-,10-,11-;;;;/m0.1..../s1. The third-order valence-corrected chi connectivity index (χ3v) is 17.3. The number of phenols is 1. The van der Waals surface area contributed by atoms with Crippen molar-refractivity contribution in [1.29, 1.82) is 0 Å². The molecule has 0 fully saturated rings. The molecular formula is C82H118N8O29. The van der Waals surface area contributed by atoms with Gasteiger partial charge in [-0.15, -0.1) is 0 Å². The average molecular weight is 1680 g/mol. The maximum absolute atomic E-state index is 13.1. The fraction of sp³-hybridized carbons (Fsp3) is 0.512. The number of likely N-dealkylation sites (N-methyl/N-ethyl adjacent to an activating group) is 2. The van der Waals surface area contributed by atoms with Crippen molar-refractivity contribution in [1.82, 2.24) is 30.4 Å². The minimum absolute atomic E-state index is 0. The number of fused-ring (bicyclic) bond motifs is 2. The minimum Gasteiger partial charge on any atom is -0.508 e. The van der Waals surface area contributed by atoms with Crippen LogP contribution in [0.3, 0.4) is 0 Å². The number of nitrogens with zero attached hydrogens (tertiary/aromatic N) is 2. The molecule has 37 nitrogen and oxygen atoms in total. The van der Waals surface area contributed by atoms with Gasteiger partial charge in [0, 0.05) is 85.3 Å². The normalized spacial score (nSPS) is 14.6. The number of hydrogen-bond donors (Lipinski definition) is 8. The van der Waals surface area contributed by atoms with Crippen LogP contribution in [0.4, 0.5) is 11.4 Å². The molecule has 2 aliphatic rings. The Kier molecular flexibility index (Phi) is 44.6. The second-order valence-corrected chi connectivity index (χ2v) is 26.3. The summed E-state index contributed by atoms with van der Waals surface area (Å²) in [7, 11) is 0. The Morgan fingerprint density at radius 2 is 0.689 bits per heavy atom. The van der Waals surface area contributed by atoms with E-state index in [1.807, 2.05) is 13.8 Å². The lowest BCUT2D eigenvalue weighted by Gasteiger charge is -2.20. The van der Waals surface area contributed by atoms with Crippen molar-refractivity contribution in [3.05, 3.63) is 92.6 Å². The minimum atomic E-state index is -1.54. The number of nitrogens with one attached hydrogen (secondary N) is 6. The first-order chi connectivity index (χ1) is 53.9. The van der Waals surface area contributed by atoms with Crippen molar-refractivity contribution in [2.24, 2.45) is 0 Å². The number of hydrogen-bond acceptors (Lipinski definition) is 30. The van der Waals surface area contributed by atoms with Crippen LogP contribution in [0.25, 0.3) is 23.3 Å². The van der Waals surface area contributed by atoms with Gasteiger partial charge in [-0.2, -0.15) is 0 Å². The molecule has 2 aromatic heterocycles. The number of H-pyrrole nitrogens is 2. The Hall–Kier alpha value is -12.3. The van der Waals surface area contributed by atoms with E-state index in [1.165, 1.54) is 59.7 Å². The Morgan fingerprint density at radius 1 is 0.412 bits per heavy atom. The zero-order valence-corrected chi connectivity index (χ0v) is 67.9. The fourth-order valence-electron chi connectivity index (χ4n) is 10.8. The Morgan fingerprint density at radius 3 is 0.983 bits per heavy atom. The highest BCUT2D eigenvalue weighted by Crippen LogP contribution is 2.38. The second kappa shape index (κ2) is 49.7. The number of carboxylic acids is 1. The summed E-state index contributed by atoms with van der Waals surface area (Å²) in [5, 5.41) is 29.9. The molecule has 0 aliphatic carbocycles. The van der Waals surface area contributed by atoms with Crippen LogP contribution in [-0.2, 0) is 114 Å². The molecular weight excluding hydrogens is 1560 g/mol. The zero-order valence-electron chi connectivity index (χ0n) is 67.9. The smallest absolute Gasteiger partial charge is 0.352 e. The predicted molar refractivity (Wildman–Crippen MR) is 435 cm³/mol.